The molecule has 1 amide bonds. The Balaban J connectivity index is 1.58. The molecule has 0 aliphatic heterocycles. The molecule has 0 atom stereocenters. The van der Waals surface area contributed by atoms with Crippen LogP contribution in [-0.4, -0.2) is 47.6 Å². The van der Waals surface area contributed by atoms with E-state index < -0.39 is 0 Å². The Bertz CT molecular complexity index is 1270. The maximum Gasteiger partial charge on any atom is 0.336 e. The predicted octanol–water partition coefficient (Wildman–Crippen LogP) is 4.92. The van der Waals surface area contributed by atoms with E-state index in [-0.39, 0.29) is 11.9 Å². The SMILES string of the molecule is CCOCCOc1nc(-c2cccc(OC)c2)n(-c2ccc(NC(=O)c3ccc(C)cc3)cc2)n1. The van der Waals surface area contributed by atoms with Crippen LogP contribution in [0.1, 0.15) is 22.8 Å². The number of hydrogen-bond acceptors (Lipinski definition) is 6. The largest absolute Gasteiger partial charge is 0.497 e. The number of aromatic nitrogens is 3. The van der Waals surface area contributed by atoms with E-state index in [9.17, 15) is 4.79 Å². The smallest absolute Gasteiger partial charge is 0.336 e. The lowest BCUT2D eigenvalue weighted by Gasteiger charge is -2.09. The average molecular weight is 473 g/mol. The van der Waals surface area contributed by atoms with E-state index in [1.807, 2.05) is 86.6 Å². The molecule has 0 saturated heterocycles. The van der Waals surface area contributed by atoms with Crippen LogP contribution in [0, 0.1) is 6.92 Å². The minimum Gasteiger partial charge on any atom is -0.497 e. The molecular formula is C27H28N4O4. The second-order valence-electron chi connectivity index (χ2n) is 7.77. The van der Waals surface area contributed by atoms with Crippen molar-refractivity contribution < 1.29 is 19.0 Å². The molecule has 0 fully saturated rings. The van der Waals surface area contributed by atoms with E-state index in [2.05, 4.69) is 15.4 Å². The zero-order valence-electron chi connectivity index (χ0n) is 20.0. The maximum atomic E-state index is 12.6. The molecule has 0 spiro atoms. The second-order valence-corrected chi connectivity index (χ2v) is 7.77. The average Bonchev–Trinajstić information content (AvgIpc) is 3.32. The number of ether oxygens (including phenoxy) is 3. The number of anilines is 1. The number of rotatable bonds is 10. The van der Waals surface area contributed by atoms with Crippen LogP contribution in [0.4, 0.5) is 5.69 Å². The molecule has 0 unspecified atom stereocenters. The number of carbonyl (C=O) groups is 1. The third kappa shape index (κ3) is 6.04. The molecular weight excluding hydrogens is 444 g/mol. The summed E-state index contributed by atoms with van der Waals surface area (Å²) in [5.41, 5.74) is 3.98. The zero-order chi connectivity index (χ0) is 24.6. The third-order valence-corrected chi connectivity index (χ3v) is 5.26. The molecule has 1 N–H and O–H groups in total. The van der Waals surface area contributed by atoms with E-state index >= 15 is 0 Å². The van der Waals surface area contributed by atoms with Gasteiger partial charge >= 0.3 is 6.01 Å². The van der Waals surface area contributed by atoms with Crippen molar-refractivity contribution in [3.63, 3.8) is 0 Å². The van der Waals surface area contributed by atoms with Gasteiger partial charge in [-0.05, 0) is 62.4 Å². The summed E-state index contributed by atoms with van der Waals surface area (Å²) < 4.78 is 18.1. The maximum absolute atomic E-state index is 12.6. The number of aryl methyl sites for hydroxylation is 1. The first kappa shape index (κ1) is 24.0. The molecule has 180 valence electrons. The Labute approximate surface area is 204 Å². The lowest BCUT2D eigenvalue weighted by molar-refractivity contribution is 0.102. The summed E-state index contributed by atoms with van der Waals surface area (Å²) in [6.07, 6.45) is 0. The van der Waals surface area contributed by atoms with Gasteiger partial charge in [0.1, 0.15) is 12.4 Å². The predicted molar refractivity (Wildman–Crippen MR) is 134 cm³/mol. The molecule has 8 heteroatoms. The Morgan fingerprint density at radius 3 is 2.49 bits per heavy atom. The fourth-order valence-corrected chi connectivity index (χ4v) is 3.41. The lowest BCUT2D eigenvalue weighted by Crippen LogP contribution is -2.11. The molecule has 0 bridgehead atoms. The standard InChI is InChI=1S/C27H28N4O4/c1-4-34-16-17-35-27-29-25(21-6-5-7-24(18-21)33-3)31(30-27)23-14-12-22(13-15-23)28-26(32)20-10-8-19(2)9-11-20/h5-15,18H,4,16-17H2,1-3H3,(H,28,32). The van der Waals surface area contributed by atoms with Gasteiger partial charge in [0.2, 0.25) is 0 Å². The van der Waals surface area contributed by atoms with Gasteiger partial charge < -0.3 is 19.5 Å². The molecule has 1 heterocycles. The van der Waals surface area contributed by atoms with Gasteiger partial charge in [0.15, 0.2) is 5.82 Å². The second kappa shape index (κ2) is 11.3. The van der Waals surface area contributed by atoms with Gasteiger partial charge in [-0.2, -0.15) is 4.98 Å². The van der Waals surface area contributed by atoms with E-state index in [1.54, 1.807) is 11.8 Å². The summed E-state index contributed by atoms with van der Waals surface area (Å²) in [5, 5.41) is 7.48. The highest BCUT2D eigenvalue weighted by Crippen LogP contribution is 2.27. The van der Waals surface area contributed by atoms with Crippen molar-refractivity contribution in [1.82, 2.24) is 14.8 Å². The quantitative estimate of drug-likeness (QED) is 0.330. The molecule has 0 aliphatic rings. The van der Waals surface area contributed by atoms with E-state index in [1.165, 1.54) is 0 Å². The highest BCUT2D eigenvalue weighted by Gasteiger charge is 2.16. The van der Waals surface area contributed by atoms with Gasteiger partial charge in [0, 0.05) is 23.4 Å². The van der Waals surface area contributed by atoms with Gasteiger partial charge in [-0.1, -0.05) is 29.8 Å². The van der Waals surface area contributed by atoms with Crippen molar-refractivity contribution >= 4 is 11.6 Å². The fourth-order valence-electron chi connectivity index (χ4n) is 3.41. The molecule has 0 aliphatic carbocycles. The summed E-state index contributed by atoms with van der Waals surface area (Å²) in [6, 6.07) is 22.7. The zero-order valence-corrected chi connectivity index (χ0v) is 20.0. The Morgan fingerprint density at radius 2 is 1.77 bits per heavy atom. The lowest BCUT2D eigenvalue weighted by atomic mass is 10.1. The number of nitrogens with zero attached hydrogens (tertiary/aromatic N) is 3. The molecule has 35 heavy (non-hydrogen) atoms. The van der Waals surface area contributed by atoms with Crippen LogP contribution in [0.25, 0.3) is 17.1 Å². The summed E-state index contributed by atoms with van der Waals surface area (Å²) in [5.74, 6) is 1.15. The van der Waals surface area contributed by atoms with Crippen molar-refractivity contribution in [1.29, 1.82) is 0 Å². The molecule has 3 aromatic carbocycles. The minimum absolute atomic E-state index is 0.166. The molecule has 4 aromatic rings. The highest BCUT2D eigenvalue weighted by molar-refractivity contribution is 6.04. The van der Waals surface area contributed by atoms with Crippen LogP contribution in [0.3, 0.4) is 0 Å². The number of hydrogen-bond donors (Lipinski definition) is 1. The normalized spacial score (nSPS) is 10.7. The summed E-state index contributed by atoms with van der Waals surface area (Å²) in [7, 11) is 1.62. The number of amides is 1. The Morgan fingerprint density at radius 1 is 1.00 bits per heavy atom. The Hall–Kier alpha value is -4.17. The van der Waals surface area contributed by atoms with Crippen molar-refractivity contribution in [3.8, 4) is 28.8 Å². The number of nitrogens with one attached hydrogen (secondary N) is 1. The molecule has 0 radical (unpaired) electrons. The van der Waals surface area contributed by atoms with Crippen molar-refractivity contribution in [2.45, 2.75) is 13.8 Å². The van der Waals surface area contributed by atoms with Crippen LogP contribution in [0.15, 0.2) is 72.8 Å². The van der Waals surface area contributed by atoms with Crippen LogP contribution >= 0.6 is 0 Å². The Kier molecular flexibility index (Phi) is 7.74. The monoisotopic (exact) mass is 472 g/mol. The first-order chi connectivity index (χ1) is 17.1. The fraction of sp³-hybridized carbons (Fsp3) is 0.222. The molecule has 4 rings (SSSR count). The van der Waals surface area contributed by atoms with Gasteiger partial charge in [-0.15, -0.1) is 5.10 Å². The first-order valence-corrected chi connectivity index (χ1v) is 11.4. The van der Waals surface area contributed by atoms with Crippen LogP contribution < -0.4 is 14.8 Å². The minimum atomic E-state index is -0.166. The molecule has 8 nitrogen and oxygen atoms in total. The van der Waals surface area contributed by atoms with Gasteiger partial charge in [-0.25, -0.2) is 4.68 Å². The van der Waals surface area contributed by atoms with E-state index in [0.717, 1.165) is 16.8 Å². The number of carbonyl (C=O) groups excluding carboxylic acids is 1. The van der Waals surface area contributed by atoms with Gasteiger partial charge in [0.25, 0.3) is 5.91 Å². The van der Waals surface area contributed by atoms with Crippen molar-refractivity contribution in [2.24, 2.45) is 0 Å². The van der Waals surface area contributed by atoms with Gasteiger partial charge in [-0.3, -0.25) is 4.79 Å². The molecule has 1 aromatic heterocycles. The molecule has 0 saturated carbocycles. The summed E-state index contributed by atoms with van der Waals surface area (Å²) in [4.78, 5) is 17.1. The van der Waals surface area contributed by atoms with Crippen LogP contribution in [0.2, 0.25) is 0 Å². The first-order valence-electron chi connectivity index (χ1n) is 11.4. The summed E-state index contributed by atoms with van der Waals surface area (Å²) in [6.45, 7) is 5.34. The number of methoxy groups -OCH3 is 1. The van der Waals surface area contributed by atoms with Gasteiger partial charge in [0.05, 0.1) is 19.4 Å². The van der Waals surface area contributed by atoms with Crippen molar-refractivity contribution in [3.05, 3.63) is 83.9 Å². The number of benzene rings is 3. The van der Waals surface area contributed by atoms with Crippen molar-refractivity contribution in [2.75, 3.05) is 32.2 Å². The van der Waals surface area contributed by atoms with Crippen LogP contribution in [-0.2, 0) is 4.74 Å². The highest BCUT2D eigenvalue weighted by atomic mass is 16.5. The van der Waals surface area contributed by atoms with E-state index in [4.69, 9.17) is 14.2 Å². The summed E-state index contributed by atoms with van der Waals surface area (Å²) >= 11 is 0. The van der Waals surface area contributed by atoms with E-state index in [0.29, 0.717) is 42.6 Å². The third-order valence-electron chi connectivity index (χ3n) is 5.26. The topological polar surface area (TPSA) is 87.5 Å². The van der Waals surface area contributed by atoms with Crippen LogP contribution in [0.5, 0.6) is 11.8 Å².